The third-order valence-electron chi connectivity index (χ3n) is 5.95. The molecule has 3 heterocycles. The lowest BCUT2D eigenvalue weighted by Gasteiger charge is -2.02. The molecule has 0 saturated heterocycles. The molecule has 0 radical (unpaired) electrons. The molecule has 37 heavy (non-hydrogen) atoms. The third kappa shape index (κ3) is 5.26. The number of carbonyl (C=O) groups is 2. The number of carbonyl (C=O) groups excluding carboxylic acids is 2. The molecule has 0 bridgehead atoms. The van der Waals surface area contributed by atoms with Crippen molar-refractivity contribution in [2.24, 2.45) is 4.99 Å². The second-order valence-electron chi connectivity index (χ2n) is 8.19. The normalized spacial score (nSPS) is 12.4. The molecule has 0 unspecified atom stereocenters. The molecule has 11 heteroatoms. The zero-order chi connectivity index (χ0) is 26.5. The Morgan fingerprint density at radius 1 is 0.973 bits per heavy atom. The van der Waals surface area contributed by atoms with Gasteiger partial charge in [0.25, 0.3) is 0 Å². The largest absolute Gasteiger partial charge is 0.372 e. The van der Waals surface area contributed by atoms with Crippen LogP contribution in [0.3, 0.4) is 0 Å². The van der Waals surface area contributed by atoms with Crippen LogP contribution in [-0.4, -0.2) is 54.2 Å². The minimum absolute atomic E-state index is 0.176. The second kappa shape index (κ2) is 11.4. The maximum Gasteiger partial charge on any atom is 0.325 e. The van der Waals surface area contributed by atoms with Gasteiger partial charge in [0, 0.05) is 50.2 Å². The van der Waals surface area contributed by atoms with Gasteiger partial charge in [0.15, 0.2) is 0 Å². The Balaban J connectivity index is 0.000000176. The van der Waals surface area contributed by atoms with E-state index in [0.29, 0.717) is 22.0 Å². The Labute approximate surface area is 223 Å². The first-order valence-corrected chi connectivity index (χ1v) is 12.3. The number of rotatable bonds is 3. The van der Waals surface area contributed by atoms with Crippen LogP contribution >= 0.6 is 23.2 Å². The molecule has 0 aliphatic carbocycles. The van der Waals surface area contributed by atoms with E-state index in [1.165, 1.54) is 4.57 Å². The van der Waals surface area contributed by atoms with Crippen LogP contribution in [0.25, 0.3) is 21.8 Å². The molecule has 2 amide bonds. The Morgan fingerprint density at radius 3 is 2.00 bits per heavy atom. The maximum absolute atomic E-state index is 12.0. The summed E-state index contributed by atoms with van der Waals surface area (Å²) in [6.07, 6.45) is 4.37. The van der Waals surface area contributed by atoms with Crippen LogP contribution in [0.5, 0.6) is 0 Å². The zero-order valence-corrected chi connectivity index (χ0v) is 21.8. The SMILES string of the molecule is CNC(=O)n1cc(CC#N)c2c(Cl)cccc21.CNC(=O)n1cc(CC2=NCCN2)c2c(Cl)cccc21. The van der Waals surface area contributed by atoms with Crippen LogP contribution in [0.1, 0.15) is 11.1 Å². The molecule has 9 nitrogen and oxygen atoms in total. The van der Waals surface area contributed by atoms with E-state index in [4.69, 9.17) is 28.5 Å². The molecular formula is C26H25Cl2N7O2. The van der Waals surface area contributed by atoms with Gasteiger partial charge in [-0.15, -0.1) is 0 Å². The fraction of sp³-hybridized carbons (Fsp3) is 0.231. The molecule has 0 atom stereocenters. The van der Waals surface area contributed by atoms with Crippen molar-refractivity contribution in [3.05, 3.63) is 70.0 Å². The maximum atomic E-state index is 12.0. The highest BCUT2D eigenvalue weighted by molar-refractivity contribution is 6.36. The van der Waals surface area contributed by atoms with E-state index in [1.54, 1.807) is 43.1 Å². The highest BCUT2D eigenvalue weighted by Gasteiger charge is 2.17. The molecule has 0 saturated carbocycles. The van der Waals surface area contributed by atoms with E-state index in [2.05, 4.69) is 27.0 Å². The highest BCUT2D eigenvalue weighted by Crippen LogP contribution is 2.30. The number of fused-ring (bicyclic) bond motifs is 2. The number of amides is 2. The molecule has 0 spiro atoms. The van der Waals surface area contributed by atoms with Crippen LogP contribution in [0.15, 0.2) is 53.8 Å². The van der Waals surface area contributed by atoms with Crippen LogP contribution in [-0.2, 0) is 12.8 Å². The second-order valence-corrected chi connectivity index (χ2v) is 9.01. The zero-order valence-electron chi connectivity index (χ0n) is 20.3. The Hall–Kier alpha value is -4.00. The van der Waals surface area contributed by atoms with Gasteiger partial charge in [-0.05, 0) is 35.4 Å². The van der Waals surface area contributed by atoms with Gasteiger partial charge in [0.05, 0.1) is 40.1 Å². The number of nitriles is 1. The standard InChI is InChI=1S/C14H15ClN4O.C12H10ClN3O/c1-16-14(20)19-8-9(7-12-17-5-6-18-12)13-10(15)3-2-4-11(13)19;1-15-12(17)16-7-8(5-6-14)11-9(13)3-2-4-10(11)16/h2-4,8H,5-7H2,1H3,(H,16,20)(H,17,18);2-4,7H,5H2,1H3,(H,15,17). The number of amidine groups is 1. The molecule has 0 fully saturated rings. The first-order valence-electron chi connectivity index (χ1n) is 11.5. The Kier molecular flexibility index (Phi) is 8.01. The predicted octanol–water partition coefficient (Wildman–Crippen LogP) is 4.57. The highest BCUT2D eigenvalue weighted by atomic mass is 35.5. The smallest absolute Gasteiger partial charge is 0.325 e. The fourth-order valence-electron chi connectivity index (χ4n) is 4.32. The van der Waals surface area contributed by atoms with Crippen LogP contribution < -0.4 is 16.0 Å². The quantitative estimate of drug-likeness (QED) is 0.354. The average molecular weight is 538 g/mol. The molecule has 1 aliphatic rings. The molecule has 1 aliphatic heterocycles. The molecule has 2 aromatic carbocycles. The summed E-state index contributed by atoms with van der Waals surface area (Å²) in [5, 5.41) is 20.1. The van der Waals surface area contributed by atoms with Crippen molar-refractivity contribution in [2.75, 3.05) is 27.2 Å². The Bertz CT molecular complexity index is 1560. The van der Waals surface area contributed by atoms with E-state index >= 15 is 0 Å². The monoisotopic (exact) mass is 537 g/mol. The van der Waals surface area contributed by atoms with Crippen molar-refractivity contribution in [3.8, 4) is 6.07 Å². The van der Waals surface area contributed by atoms with Gasteiger partial charge >= 0.3 is 12.1 Å². The summed E-state index contributed by atoms with van der Waals surface area (Å²) in [5.74, 6) is 0.945. The van der Waals surface area contributed by atoms with Gasteiger partial charge in [-0.3, -0.25) is 14.1 Å². The number of nitrogens with one attached hydrogen (secondary N) is 3. The van der Waals surface area contributed by atoms with Crippen molar-refractivity contribution >= 4 is 62.9 Å². The molecule has 3 N–H and O–H groups in total. The average Bonchev–Trinajstić information content (AvgIpc) is 3.63. The lowest BCUT2D eigenvalue weighted by Crippen LogP contribution is -2.23. The lowest BCUT2D eigenvalue weighted by molar-refractivity contribution is 0.244. The predicted molar refractivity (Wildman–Crippen MR) is 147 cm³/mol. The molecule has 2 aromatic heterocycles. The number of halogens is 2. The van der Waals surface area contributed by atoms with Gasteiger partial charge in [0.1, 0.15) is 5.84 Å². The van der Waals surface area contributed by atoms with Crippen LogP contribution in [0, 0.1) is 11.3 Å². The van der Waals surface area contributed by atoms with E-state index in [1.807, 2.05) is 24.4 Å². The number of aliphatic imine (C=N–C) groups is 1. The minimum atomic E-state index is -0.249. The summed E-state index contributed by atoms with van der Waals surface area (Å²) in [6.45, 7) is 1.67. The first-order chi connectivity index (χ1) is 17.9. The van der Waals surface area contributed by atoms with E-state index < -0.39 is 0 Å². The summed E-state index contributed by atoms with van der Waals surface area (Å²) in [7, 11) is 3.17. The van der Waals surface area contributed by atoms with Crippen molar-refractivity contribution in [1.29, 1.82) is 5.26 Å². The van der Waals surface area contributed by atoms with Gasteiger partial charge in [-0.25, -0.2) is 9.59 Å². The molecular weight excluding hydrogens is 513 g/mol. The van der Waals surface area contributed by atoms with Gasteiger partial charge in [-0.2, -0.15) is 5.26 Å². The minimum Gasteiger partial charge on any atom is -0.372 e. The molecule has 4 aromatic rings. The Morgan fingerprint density at radius 2 is 1.51 bits per heavy atom. The number of hydrogen-bond donors (Lipinski definition) is 3. The van der Waals surface area contributed by atoms with Gasteiger partial charge in [0.2, 0.25) is 0 Å². The fourth-order valence-corrected chi connectivity index (χ4v) is 4.90. The van der Waals surface area contributed by atoms with E-state index in [9.17, 15) is 9.59 Å². The summed E-state index contributed by atoms with van der Waals surface area (Å²) >= 11 is 12.4. The van der Waals surface area contributed by atoms with Gasteiger partial charge < -0.3 is 16.0 Å². The third-order valence-corrected chi connectivity index (χ3v) is 6.58. The van der Waals surface area contributed by atoms with Crippen LogP contribution in [0.4, 0.5) is 9.59 Å². The van der Waals surface area contributed by atoms with Crippen LogP contribution in [0.2, 0.25) is 10.0 Å². The first kappa shape index (κ1) is 26.1. The topological polar surface area (TPSA) is 116 Å². The van der Waals surface area contributed by atoms with Crippen molar-refractivity contribution < 1.29 is 9.59 Å². The number of benzene rings is 2. The number of aromatic nitrogens is 2. The van der Waals surface area contributed by atoms with Crippen molar-refractivity contribution in [3.63, 3.8) is 0 Å². The van der Waals surface area contributed by atoms with Crippen molar-refractivity contribution in [1.82, 2.24) is 25.1 Å². The summed E-state index contributed by atoms with van der Waals surface area (Å²) in [6, 6.07) is 12.6. The molecule has 190 valence electrons. The van der Waals surface area contributed by atoms with E-state index in [0.717, 1.165) is 46.3 Å². The summed E-state index contributed by atoms with van der Waals surface area (Å²) in [4.78, 5) is 28.0. The van der Waals surface area contributed by atoms with Gasteiger partial charge in [-0.1, -0.05) is 35.3 Å². The number of hydrogen-bond acceptors (Lipinski definition) is 5. The molecule has 5 rings (SSSR count). The summed E-state index contributed by atoms with van der Waals surface area (Å²) in [5.41, 5.74) is 3.28. The van der Waals surface area contributed by atoms with E-state index in [-0.39, 0.29) is 18.5 Å². The number of nitrogens with zero attached hydrogens (tertiary/aromatic N) is 4. The van der Waals surface area contributed by atoms with Crippen molar-refractivity contribution in [2.45, 2.75) is 12.8 Å². The summed E-state index contributed by atoms with van der Waals surface area (Å²) < 4.78 is 3.06. The lowest BCUT2D eigenvalue weighted by atomic mass is 10.1.